The van der Waals surface area contributed by atoms with Crippen LogP contribution in [-0.4, -0.2) is 25.9 Å². The molecule has 0 bridgehead atoms. The van der Waals surface area contributed by atoms with Gasteiger partial charge in [-0.2, -0.15) is 0 Å². The molecule has 1 aliphatic heterocycles. The van der Waals surface area contributed by atoms with Crippen LogP contribution in [0.1, 0.15) is 5.56 Å². The first-order valence-corrected chi connectivity index (χ1v) is 7.82. The third kappa shape index (κ3) is 4.43. The van der Waals surface area contributed by atoms with Gasteiger partial charge in [0.2, 0.25) is 12.7 Å². The van der Waals surface area contributed by atoms with Gasteiger partial charge in [0.25, 0.3) is 0 Å². The number of fused-ring (bicyclic) bond motifs is 1. The number of hydrogen-bond donors (Lipinski definition) is 1. The van der Waals surface area contributed by atoms with Crippen molar-refractivity contribution < 1.29 is 19.0 Å². The first-order chi connectivity index (χ1) is 11.7. The van der Waals surface area contributed by atoms with Gasteiger partial charge in [0, 0.05) is 11.1 Å². The zero-order valence-corrected chi connectivity index (χ0v) is 13.6. The molecule has 0 aromatic heterocycles. The van der Waals surface area contributed by atoms with Crippen molar-refractivity contribution in [2.75, 3.05) is 19.9 Å². The second-order valence-corrected chi connectivity index (χ2v) is 5.48. The predicted octanol–water partition coefficient (Wildman–Crippen LogP) is 3.28. The molecule has 1 aliphatic rings. The monoisotopic (exact) mass is 345 g/mol. The average Bonchev–Trinajstić information content (AvgIpc) is 3.06. The van der Waals surface area contributed by atoms with Gasteiger partial charge in [-0.05, 0) is 48.0 Å². The standard InChI is InChI=1S/C18H16ClNO4/c19-14-3-5-15(6-4-14)22-10-9-20-18(21)8-2-13-1-7-16-17(11-13)24-12-23-16/h1-8,11H,9-10,12H2,(H,20,21)/b8-2+. The molecule has 0 spiro atoms. The fourth-order valence-corrected chi connectivity index (χ4v) is 2.25. The van der Waals surface area contributed by atoms with Gasteiger partial charge in [0.1, 0.15) is 12.4 Å². The van der Waals surface area contributed by atoms with Gasteiger partial charge in [-0.15, -0.1) is 0 Å². The maximum absolute atomic E-state index is 11.8. The first-order valence-electron chi connectivity index (χ1n) is 7.45. The van der Waals surface area contributed by atoms with E-state index in [0.29, 0.717) is 29.7 Å². The lowest BCUT2D eigenvalue weighted by atomic mass is 10.2. The van der Waals surface area contributed by atoms with Crippen molar-refractivity contribution >= 4 is 23.6 Å². The van der Waals surface area contributed by atoms with Gasteiger partial charge < -0.3 is 19.5 Å². The zero-order valence-electron chi connectivity index (χ0n) is 12.8. The first kappa shape index (κ1) is 16.2. The molecule has 0 fully saturated rings. The van der Waals surface area contributed by atoms with Crippen LogP contribution >= 0.6 is 11.6 Å². The highest BCUT2D eigenvalue weighted by molar-refractivity contribution is 6.30. The molecular formula is C18H16ClNO4. The van der Waals surface area contributed by atoms with Crippen molar-refractivity contribution in [2.24, 2.45) is 0 Å². The Morgan fingerprint density at radius 3 is 2.79 bits per heavy atom. The van der Waals surface area contributed by atoms with Gasteiger partial charge in [-0.25, -0.2) is 0 Å². The molecule has 0 radical (unpaired) electrons. The van der Waals surface area contributed by atoms with E-state index in [4.69, 9.17) is 25.8 Å². The number of carbonyl (C=O) groups is 1. The van der Waals surface area contributed by atoms with E-state index in [1.54, 1.807) is 30.3 Å². The fraction of sp³-hybridized carbons (Fsp3) is 0.167. The average molecular weight is 346 g/mol. The lowest BCUT2D eigenvalue weighted by Gasteiger charge is -2.06. The Hall–Kier alpha value is -2.66. The number of rotatable bonds is 6. The molecule has 1 amide bonds. The van der Waals surface area contributed by atoms with E-state index in [1.807, 2.05) is 18.2 Å². The normalized spacial score (nSPS) is 12.4. The smallest absolute Gasteiger partial charge is 0.244 e. The minimum absolute atomic E-state index is 0.188. The topological polar surface area (TPSA) is 56.8 Å². The number of nitrogens with one attached hydrogen (secondary N) is 1. The molecule has 1 N–H and O–H groups in total. The molecule has 0 saturated heterocycles. The molecule has 2 aromatic carbocycles. The van der Waals surface area contributed by atoms with E-state index in [2.05, 4.69) is 5.32 Å². The number of carbonyl (C=O) groups excluding carboxylic acids is 1. The summed E-state index contributed by atoms with van der Waals surface area (Å²) >= 11 is 5.80. The number of hydrogen-bond acceptors (Lipinski definition) is 4. The zero-order chi connectivity index (χ0) is 16.8. The number of amides is 1. The second-order valence-electron chi connectivity index (χ2n) is 5.04. The molecule has 24 heavy (non-hydrogen) atoms. The number of ether oxygens (including phenoxy) is 3. The second kappa shape index (κ2) is 7.75. The number of halogens is 1. The van der Waals surface area contributed by atoms with Crippen LogP contribution in [0.15, 0.2) is 48.5 Å². The van der Waals surface area contributed by atoms with Crippen molar-refractivity contribution in [3.63, 3.8) is 0 Å². The summed E-state index contributed by atoms with van der Waals surface area (Å²) in [4.78, 5) is 11.8. The van der Waals surface area contributed by atoms with Crippen LogP contribution in [-0.2, 0) is 4.79 Å². The Kier molecular flexibility index (Phi) is 5.23. The number of benzene rings is 2. The highest BCUT2D eigenvalue weighted by Crippen LogP contribution is 2.32. The van der Waals surface area contributed by atoms with E-state index in [1.165, 1.54) is 6.08 Å². The van der Waals surface area contributed by atoms with Gasteiger partial charge in [-0.3, -0.25) is 4.79 Å². The van der Waals surface area contributed by atoms with Crippen LogP contribution in [0.3, 0.4) is 0 Å². The minimum Gasteiger partial charge on any atom is -0.492 e. The highest BCUT2D eigenvalue weighted by atomic mass is 35.5. The van der Waals surface area contributed by atoms with Crippen molar-refractivity contribution in [1.29, 1.82) is 0 Å². The van der Waals surface area contributed by atoms with Gasteiger partial charge >= 0.3 is 0 Å². The molecule has 2 aromatic rings. The summed E-state index contributed by atoms with van der Waals surface area (Å²) in [5.74, 6) is 1.93. The molecule has 0 saturated carbocycles. The predicted molar refractivity (Wildman–Crippen MR) is 91.6 cm³/mol. The summed E-state index contributed by atoms with van der Waals surface area (Å²) < 4.78 is 16.0. The van der Waals surface area contributed by atoms with Crippen LogP contribution in [0.4, 0.5) is 0 Å². The summed E-state index contributed by atoms with van der Waals surface area (Å²) in [6.07, 6.45) is 3.19. The third-order valence-corrected chi connectivity index (χ3v) is 3.56. The van der Waals surface area contributed by atoms with Crippen LogP contribution in [0.25, 0.3) is 6.08 Å². The van der Waals surface area contributed by atoms with Crippen molar-refractivity contribution in [3.05, 3.63) is 59.1 Å². The fourth-order valence-electron chi connectivity index (χ4n) is 2.12. The van der Waals surface area contributed by atoms with E-state index >= 15 is 0 Å². The summed E-state index contributed by atoms with van der Waals surface area (Å²) in [6.45, 7) is 1.02. The van der Waals surface area contributed by atoms with Crippen LogP contribution < -0.4 is 19.5 Å². The lowest BCUT2D eigenvalue weighted by molar-refractivity contribution is -0.116. The van der Waals surface area contributed by atoms with E-state index < -0.39 is 0 Å². The largest absolute Gasteiger partial charge is 0.492 e. The Morgan fingerprint density at radius 2 is 1.96 bits per heavy atom. The highest BCUT2D eigenvalue weighted by Gasteiger charge is 2.12. The quantitative estimate of drug-likeness (QED) is 0.645. The van der Waals surface area contributed by atoms with Gasteiger partial charge in [0.15, 0.2) is 11.5 Å². The van der Waals surface area contributed by atoms with E-state index in [9.17, 15) is 4.79 Å². The summed E-state index contributed by atoms with van der Waals surface area (Å²) in [5.41, 5.74) is 0.867. The minimum atomic E-state index is -0.188. The molecule has 3 rings (SSSR count). The van der Waals surface area contributed by atoms with Crippen molar-refractivity contribution in [3.8, 4) is 17.2 Å². The molecule has 5 nitrogen and oxygen atoms in total. The van der Waals surface area contributed by atoms with E-state index in [0.717, 1.165) is 11.3 Å². The summed E-state index contributed by atoms with van der Waals surface area (Å²) in [6, 6.07) is 12.6. The van der Waals surface area contributed by atoms with Gasteiger partial charge in [0.05, 0.1) is 6.54 Å². The molecular weight excluding hydrogens is 330 g/mol. The Morgan fingerprint density at radius 1 is 1.17 bits per heavy atom. The summed E-state index contributed by atoms with van der Waals surface area (Å²) in [5, 5.41) is 3.41. The SMILES string of the molecule is O=C(/C=C/c1ccc2c(c1)OCO2)NCCOc1ccc(Cl)cc1. The Bertz CT molecular complexity index is 743. The Labute approximate surface area is 144 Å². The van der Waals surface area contributed by atoms with E-state index in [-0.39, 0.29) is 12.7 Å². The maximum Gasteiger partial charge on any atom is 0.244 e. The van der Waals surface area contributed by atoms with Crippen molar-refractivity contribution in [1.82, 2.24) is 5.32 Å². The van der Waals surface area contributed by atoms with Crippen molar-refractivity contribution in [2.45, 2.75) is 0 Å². The molecule has 0 atom stereocenters. The molecule has 0 aliphatic carbocycles. The molecule has 6 heteroatoms. The lowest BCUT2D eigenvalue weighted by Crippen LogP contribution is -2.26. The molecule has 1 heterocycles. The summed E-state index contributed by atoms with van der Waals surface area (Å²) in [7, 11) is 0. The van der Waals surface area contributed by atoms with Crippen LogP contribution in [0, 0.1) is 0 Å². The Balaban J connectivity index is 1.41. The van der Waals surface area contributed by atoms with Crippen LogP contribution in [0.5, 0.6) is 17.2 Å². The maximum atomic E-state index is 11.8. The molecule has 0 unspecified atom stereocenters. The van der Waals surface area contributed by atoms with Gasteiger partial charge in [-0.1, -0.05) is 17.7 Å². The van der Waals surface area contributed by atoms with Crippen LogP contribution in [0.2, 0.25) is 5.02 Å². The molecule has 124 valence electrons. The third-order valence-electron chi connectivity index (χ3n) is 3.31.